The fourth-order valence-corrected chi connectivity index (χ4v) is 0.750. The number of rotatable bonds is 2. The zero-order chi connectivity index (χ0) is 4.99. The van der Waals surface area contributed by atoms with Crippen LogP contribution in [0.4, 0.5) is 0 Å². The monoisotopic (exact) mass is 146 g/mol. The van der Waals surface area contributed by atoms with Gasteiger partial charge in [0.2, 0.25) is 0 Å². The van der Waals surface area contributed by atoms with Crippen LogP contribution in [0.1, 0.15) is 0 Å². The summed E-state index contributed by atoms with van der Waals surface area (Å²) in [6, 6.07) is 0. The highest BCUT2D eigenvalue weighted by Gasteiger charge is 1.83. The van der Waals surface area contributed by atoms with Crippen LogP contribution in [0.3, 0.4) is 0 Å². The molecule has 0 bridgehead atoms. The van der Waals surface area contributed by atoms with Gasteiger partial charge in [-0.25, -0.2) is 0 Å². The van der Waals surface area contributed by atoms with Crippen LogP contribution in [0.25, 0.3) is 0 Å². The zero-order valence-corrected chi connectivity index (χ0v) is 6.19. The first-order chi connectivity index (χ1) is 2.81. The molecular formula is H5O3P3. The number of hydrogen-bond acceptors (Lipinski definition) is 3. The maximum absolute atomic E-state index is 9.88. The van der Waals surface area contributed by atoms with Crippen molar-refractivity contribution >= 4 is 27.2 Å². The summed E-state index contributed by atoms with van der Waals surface area (Å²) in [5.74, 6) is 0. The van der Waals surface area contributed by atoms with Crippen molar-refractivity contribution in [2.75, 3.05) is 0 Å². The largest absolute Gasteiger partial charge is 0.324 e. The van der Waals surface area contributed by atoms with Gasteiger partial charge in [0.25, 0.3) is 0 Å². The molecule has 0 N–H and O–H groups in total. The van der Waals surface area contributed by atoms with E-state index in [4.69, 9.17) is 0 Å². The minimum Gasteiger partial charge on any atom is -0.294 e. The predicted molar refractivity (Wildman–Crippen MR) is 30.6 cm³/mol. The van der Waals surface area contributed by atoms with Gasteiger partial charge in [-0.1, -0.05) is 0 Å². The minimum absolute atomic E-state index is 1.83. The van der Waals surface area contributed by atoms with Gasteiger partial charge in [0.1, 0.15) is 0 Å². The maximum Gasteiger partial charge on any atom is 0.324 e. The first-order valence-corrected chi connectivity index (χ1v) is 3.25. The quantitative estimate of drug-likeness (QED) is 0.545. The van der Waals surface area contributed by atoms with E-state index in [9.17, 15) is 4.57 Å². The molecule has 3 nitrogen and oxygen atoms in total. The van der Waals surface area contributed by atoms with Crippen molar-refractivity contribution in [1.82, 2.24) is 0 Å². The van der Waals surface area contributed by atoms with E-state index in [1.165, 1.54) is 0 Å². The molecule has 0 radical (unpaired) electrons. The van der Waals surface area contributed by atoms with E-state index in [0.717, 1.165) is 0 Å². The molecule has 0 saturated heterocycles. The number of hydrogen-bond donors (Lipinski definition) is 0. The van der Waals surface area contributed by atoms with E-state index in [0.29, 0.717) is 0 Å². The topological polar surface area (TPSA) is 35.5 Å². The molecule has 0 fully saturated rings. The molecule has 0 amide bonds. The predicted octanol–water partition coefficient (Wildman–Crippen LogP) is 0.989. The van der Waals surface area contributed by atoms with Crippen molar-refractivity contribution < 1.29 is 13.2 Å². The van der Waals surface area contributed by atoms with Gasteiger partial charge in [-0.3, -0.25) is 13.2 Å². The van der Waals surface area contributed by atoms with Gasteiger partial charge in [0.05, 0.1) is 0 Å². The molecule has 2 unspecified atom stereocenters. The molecule has 0 aliphatic heterocycles. The Morgan fingerprint density at radius 1 is 1.33 bits per heavy atom. The first kappa shape index (κ1) is 7.01. The Morgan fingerprint density at radius 2 is 1.67 bits per heavy atom. The van der Waals surface area contributed by atoms with Crippen LogP contribution in [0.5, 0.6) is 0 Å². The third-order valence-electron chi connectivity index (χ3n) is 0.192. The Bertz CT molecular complexity index is 44.0. The van der Waals surface area contributed by atoms with Crippen molar-refractivity contribution in [2.24, 2.45) is 0 Å². The summed E-state index contributed by atoms with van der Waals surface area (Å²) in [5.41, 5.74) is 0. The summed E-state index contributed by atoms with van der Waals surface area (Å²) in [6.07, 6.45) is 0. The standard InChI is InChI=1S/H5O3P3/c1-6(2-4)3-5/h6H,4-5H2. The van der Waals surface area contributed by atoms with Crippen molar-refractivity contribution in [2.45, 2.75) is 0 Å². The summed E-state index contributed by atoms with van der Waals surface area (Å²) in [4.78, 5) is 0. The molecule has 0 rings (SSSR count). The average molecular weight is 146 g/mol. The van der Waals surface area contributed by atoms with Gasteiger partial charge in [0.15, 0.2) is 0 Å². The van der Waals surface area contributed by atoms with Gasteiger partial charge >= 0.3 is 8.25 Å². The van der Waals surface area contributed by atoms with Gasteiger partial charge in [0, 0.05) is 18.9 Å². The smallest absolute Gasteiger partial charge is 0.294 e. The van der Waals surface area contributed by atoms with E-state index in [-0.39, 0.29) is 0 Å². The molecule has 2 atom stereocenters. The average Bonchev–Trinajstić information content (AvgIpc) is 1.65. The van der Waals surface area contributed by atoms with Crippen molar-refractivity contribution in [3.8, 4) is 0 Å². The highest BCUT2D eigenvalue weighted by atomic mass is 31.2. The van der Waals surface area contributed by atoms with Crippen LogP contribution in [0.2, 0.25) is 0 Å². The van der Waals surface area contributed by atoms with Crippen molar-refractivity contribution in [3.05, 3.63) is 0 Å². The normalized spacial score (nSPS) is 9.83. The van der Waals surface area contributed by atoms with Gasteiger partial charge in [-0.15, -0.1) is 0 Å². The molecule has 0 aliphatic carbocycles. The molecule has 0 heterocycles. The summed E-state index contributed by atoms with van der Waals surface area (Å²) in [6.45, 7) is 0. The Labute approximate surface area is 41.3 Å². The fourth-order valence-electron chi connectivity index (χ4n) is 0.0278. The molecule has 0 saturated carbocycles. The zero-order valence-electron chi connectivity index (χ0n) is 2.88. The summed E-state index contributed by atoms with van der Waals surface area (Å²) < 4.78 is 18.1. The summed E-state index contributed by atoms with van der Waals surface area (Å²) in [5, 5.41) is 0. The lowest BCUT2D eigenvalue weighted by Crippen LogP contribution is -1.49. The van der Waals surface area contributed by atoms with Crippen LogP contribution >= 0.6 is 27.2 Å². The Morgan fingerprint density at radius 3 is 1.67 bits per heavy atom. The molecule has 6 heavy (non-hydrogen) atoms. The third-order valence-corrected chi connectivity index (χ3v) is 1.73. The maximum atomic E-state index is 9.88. The highest BCUT2D eigenvalue weighted by Crippen LogP contribution is 2.29. The van der Waals surface area contributed by atoms with Crippen LogP contribution in [-0.2, 0) is 13.2 Å². The van der Waals surface area contributed by atoms with Crippen molar-refractivity contribution in [3.63, 3.8) is 0 Å². The lowest BCUT2D eigenvalue weighted by Gasteiger charge is -1.88. The molecule has 0 spiro atoms. The molecule has 6 heteroatoms. The Hall–Kier alpha value is 1.01. The highest BCUT2D eigenvalue weighted by molar-refractivity contribution is 7.45. The molecular weight excluding hydrogens is 141 g/mol. The van der Waals surface area contributed by atoms with Crippen molar-refractivity contribution in [1.29, 1.82) is 0 Å². The molecule has 0 aromatic carbocycles. The van der Waals surface area contributed by atoms with E-state index < -0.39 is 8.25 Å². The van der Waals surface area contributed by atoms with Crippen LogP contribution in [0, 0.1) is 0 Å². The van der Waals surface area contributed by atoms with E-state index in [1.807, 2.05) is 18.9 Å². The second-order valence-corrected chi connectivity index (χ2v) is 2.87. The molecule has 0 aromatic heterocycles. The molecule has 0 aliphatic rings. The first-order valence-electron chi connectivity index (χ1n) is 1.08. The Balaban J connectivity index is 2.99. The van der Waals surface area contributed by atoms with Gasteiger partial charge in [-0.2, -0.15) is 0 Å². The van der Waals surface area contributed by atoms with E-state index in [1.54, 1.807) is 0 Å². The molecule has 0 aromatic rings. The molecule has 38 valence electrons. The third kappa shape index (κ3) is 3.21. The lowest BCUT2D eigenvalue weighted by atomic mass is 15.8. The summed E-state index contributed by atoms with van der Waals surface area (Å²) in [7, 11) is 1.47. The van der Waals surface area contributed by atoms with Crippen LogP contribution in [-0.4, -0.2) is 0 Å². The van der Waals surface area contributed by atoms with E-state index in [2.05, 4.69) is 8.62 Å². The Kier molecular flexibility index (Phi) is 4.88. The minimum atomic E-state index is -2.19. The fraction of sp³-hybridized carbons (Fsp3) is 0. The SMILES string of the molecule is O=[PH](OP)OP. The van der Waals surface area contributed by atoms with Gasteiger partial charge in [-0.05, 0) is 0 Å². The lowest BCUT2D eigenvalue weighted by molar-refractivity contribution is 0.461. The van der Waals surface area contributed by atoms with Crippen LogP contribution < -0.4 is 0 Å². The second kappa shape index (κ2) is 4.18. The van der Waals surface area contributed by atoms with E-state index >= 15 is 0 Å². The van der Waals surface area contributed by atoms with Crippen LogP contribution in [0.15, 0.2) is 0 Å². The van der Waals surface area contributed by atoms with Gasteiger partial charge < -0.3 is 0 Å². The second-order valence-electron chi connectivity index (χ2n) is 0.486. The summed E-state index contributed by atoms with van der Waals surface area (Å²) >= 11 is 0.